The van der Waals surface area contributed by atoms with Gasteiger partial charge in [-0.25, -0.2) is 9.97 Å². The summed E-state index contributed by atoms with van der Waals surface area (Å²) in [4.78, 5) is 21.4. The van der Waals surface area contributed by atoms with Crippen LogP contribution in [-0.4, -0.2) is 35.3 Å². The fraction of sp³-hybridized carbons (Fsp3) is 0.312. The molecule has 116 valence electrons. The maximum atomic E-state index is 12.2. The molecule has 6 heteroatoms. The van der Waals surface area contributed by atoms with E-state index in [9.17, 15) is 4.79 Å². The van der Waals surface area contributed by atoms with Crippen molar-refractivity contribution < 1.29 is 9.53 Å². The van der Waals surface area contributed by atoms with Gasteiger partial charge in [0, 0.05) is 17.3 Å². The molecule has 0 radical (unpaired) electrons. The lowest BCUT2D eigenvalue weighted by Gasteiger charge is -2.15. The number of aromatic nitrogens is 2. The zero-order valence-corrected chi connectivity index (χ0v) is 13.5. The lowest BCUT2D eigenvalue weighted by molar-refractivity contribution is -0.147. The molecule has 0 aliphatic rings. The van der Waals surface area contributed by atoms with Crippen molar-refractivity contribution in [3.63, 3.8) is 0 Å². The zero-order chi connectivity index (χ0) is 15.8. The molecule has 1 atom stereocenters. The molecule has 5 nitrogen and oxygen atoms in total. The fourth-order valence-corrected chi connectivity index (χ4v) is 2.46. The number of ether oxygens (including phenoxy) is 1. The lowest BCUT2D eigenvalue weighted by Crippen LogP contribution is -2.37. The Labute approximate surface area is 134 Å². The molecule has 2 aromatic rings. The van der Waals surface area contributed by atoms with E-state index in [0.717, 1.165) is 5.56 Å². The highest BCUT2D eigenvalue weighted by atomic mass is 32.2. The van der Waals surface area contributed by atoms with Gasteiger partial charge in [-0.2, -0.15) is 0 Å². The van der Waals surface area contributed by atoms with Gasteiger partial charge in [-0.1, -0.05) is 12.1 Å². The minimum Gasteiger partial charge on any atom is -0.456 e. The standard InChI is InChI=1S/C16H19N3O2S/c1-17-14(10-12-5-3-6-13(9-12)22-2)16(20)21-11-15-18-7-4-8-19-15/h3-9,14,17H,10-11H2,1-2H3. The predicted octanol–water partition coefficient (Wildman–Crippen LogP) is 2.07. The van der Waals surface area contributed by atoms with Gasteiger partial charge in [0.25, 0.3) is 0 Å². The van der Waals surface area contributed by atoms with Crippen LogP contribution in [0.4, 0.5) is 0 Å². The molecule has 0 bridgehead atoms. The van der Waals surface area contributed by atoms with Gasteiger partial charge < -0.3 is 10.1 Å². The van der Waals surface area contributed by atoms with Gasteiger partial charge in [-0.15, -0.1) is 11.8 Å². The van der Waals surface area contributed by atoms with Gasteiger partial charge in [-0.05, 0) is 43.5 Å². The molecule has 0 spiro atoms. The molecule has 1 aromatic heterocycles. The average Bonchev–Trinajstić information content (AvgIpc) is 2.58. The topological polar surface area (TPSA) is 64.1 Å². The number of rotatable bonds is 7. The minimum absolute atomic E-state index is 0.0860. The first kappa shape index (κ1) is 16.5. The average molecular weight is 317 g/mol. The van der Waals surface area contributed by atoms with Gasteiger partial charge in [-0.3, -0.25) is 4.79 Å². The summed E-state index contributed by atoms with van der Waals surface area (Å²) in [5.41, 5.74) is 1.10. The Morgan fingerprint density at radius 1 is 1.32 bits per heavy atom. The van der Waals surface area contributed by atoms with E-state index in [1.807, 2.05) is 24.5 Å². The first-order chi connectivity index (χ1) is 10.7. The summed E-state index contributed by atoms with van der Waals surface area (Å²) in [5, 5.41) is 3.00. The molecule has 1 unspecified atom stereocenters. The molecule has 1 N–H and O–H groups in total. The van der Waals surface area contributed by atoms with Crippen molar-refractivity contribution in [3.05, 3.63) is 54.1 Å². The van der Waals surface area contributed by atoms with Crippen molar-refractivity contribution in [2.45, 2.75) is 24.0 Å². The highest BCUT2D eigenvalue weighted by Gasteiger charge is 2.19. The maximum absolute atomic E-state index is 12.2. The van der Waals surface area contributed by atoms with E-state index in [1.54, 1.807) is 37.3 Å². The summed E-state index contributed by atoms with van der Waals surface area (Å²) in [6.45, 7) is 0.0860. The second-order valence-corrected chi connectivity index (χ2v) is 5.55. The lowest BCUT2D eigenvalue weighted by atomic mass is 10.1. The minimum atomic E-state index is -0.388. The number of carbonyl (C=O) groups is 1. The van der Waals surface area contributed by atoms with Gasteiger partial charge in [0.05, 0.1) is 0 Å². The van der Waals surface area contributed by atoms with Gasteiger partial charge in [0.1, 0.15) is 6.04 Å². The number of hydrogen-bond acceptors (Lipinski definition) is 6. The first-order valence-electron chi connectivity index (χ1n) is 6.95. The number of esters is 1. The van der Waals surface area contributed by atoms with Crippen LogP contribution < -0.4 is 5.32 Å². The summed E-state index contributed by atoms with van der Waals surface area (Å²) in [6.07, 6.45) is 5.86. The SMILES string of the molecule is CNC(Cc1cccc(SC)c1)C(=O)OCc1ncccn1. The van der Waals surface area contributed by atoms with Gasteiger partial charge >= 0.3 is 5.97 Å². The van der Waals surface area contributed by atoms with Crippen molar-refractivity contribution in [1.82, 2.24) is 15.3 Å². The van der Waals surface area contributed by atoms with E-state index < -0.39 is 0 Å². The second-order valence-electron chi connectivity index (χ2n) is 4.67. The van der Waals surface area contributed by atoms with Crippen LogP contribution in [0.15, 0.2) is 47.6 Å². The Kier molecular flexibility index (Phi) is 6.36. The first-order valence-corrected chi connectivity index (χ1v) is 8.18. The summed E-state index contributed by atoms with van der Waals surface area (Å²) < 4.78 is 5.28. The van der Waals surface area contributed by atoms with Gasteiger partial charge in [0.15, 0.2) is 12.4 Å². The van der Waals surface area contributed by atoms with Crippen LogP contribution in [0.5, 0.6) is 0 Å². The predicted molar refractivity (Wildman–Crippen MR) is 86.6 cm³/mol. The van der Waals surface area contributed by atoms with E-state index in [2.05, 4.69) is 21.4 Å². The molecule has 0 saturated carbocycles. The summed E-state index contributed by atoms with van der Waals surface area (Å²) in [7, 11) is 1.75. The molecule has 0 amide bonds. The number of nitrogens with one attached hydrogen (secondary N) is 1. The Hall–Kier alpha value is -1.92. The van der Waals surface area contributed by atoms with Crippen molar-refractivity contribution in [2.24, 2.45) is 0 Å². The monoisotopic (exact) mass is 317 g/mol. The van der Waals surface area contributed by atoms with E-state index in [1.165, 1.54) is 4.90 Å². The molecule has 0 saturated heterocycles. The molecule has 0 aliphatic carbocycles. The van der Waals surface area contributed by atoms with Crippen molar-refractivity contribution in [2.75, 3.05) is 13.3 Å². The Morgan fingerprint density at radius 3 is 2.77 bits per heavy atom. The molecular weight excluding hydrogens is 298 g/mol. The van der Waals surface area contributed by atoms with Crippen LogP contribution >= 0.6 is 11.8 Å². The Balaban J connectivity index is 1.93. The van der Waals surface area contributed by atoms with Crippen LogP contribution in [0.1, 0.15) is 11.4 Å². The molecule has 1 aromatic carbocycles. The van der Waals surface area contributed by atoms with E-state index in [4.69, 9.17) is 4.74 Å². The summed E-state index contributed by atoms with van der Waals surface area (Å²) in [5.74, 6) is 0.194. The third-order valence-electron chi connectivity index (χ3n) is 3.17. The zero-order valence-electron chi connectivity index (χ0n) is 12.7. The molecule has 0 aliphatic heterocycles. The van der Waals surface area contributed by atoms with E-state index in [0.29, 0.717) is 12.2 Å². The molecule has 2 rings (SSSR count). The summed E-state index contributed by atoms with van der Waals surface area (Å²) >= 11 is 1.68. The van der Waals surface area contributed by atoms with Crippen LogP contribution in [0.3, 0.4) is 0 Å². The number of benzene rings is 1. The van der Waals surface area contributed by atoms with E-state index in [-0.39, 0.29) is 18.6 Å². The number of likely N-dealkylation sites (N-methyl/N-ethyl adjacent to an activating group) is 1. The van der Waals surface area contributed by atoms with Crippen LogP contribution in [-0.2, 0) is 22.6 Å². The second kappa shape index (κ2) is 8.51. The molecule has 22 heavy (non-hydrogen) atoms. The number of hydrogen-bond donors (Lipinski definition) is 1. The Bertz CT molecular complexity index is 607. The number of carbonyl (C=O) groups excluding carboxylic acids is 1. The van der Waals surface area contributed by atoms with Crippen LogP contribution in [0.2, 0.25) is 0 Å². The third-order valence-corrected chi connectivity index (χ3v) is 3.90. The molecule has 1 heterocycles. The van der Waals surface area contributed by atoms with Crippen molar-refractivity contribution in [3.8, 4) is 0 Å². The van der Waals surface area contributed by atoms with Gasteiger partial charge in [0.2, 0.25) is 0 Å². The van der Waals surface area contributed by atoms with Crippen LogP contribution in [0, 0.1) is 0 Å². The number of nitrogens with zero attached hydrogens (tertiary/aromatic N) is 2. The third kappa shape index (κ3) is 4.82. The highest BCUT2D eigenvalue weighted by molar-refractivity contribution is 7.98. The highest BCUT2D eigenvalue weighted by Crippen LogP contribution is 2.17. The smallest absolute Gasteiger partial charge is 0.323 e. The number of thioether (sulfide) groups is 1. The fourth-order valence-electron chi connectivity index (χ4n) is 1.98. The largest absolute Gasteiger partial charge is 0.456 e. The maximum Gasteiger partial charge on any atom is 0.323 e. The quantitative estimate of drug-likeness (QED) is 0.623. The normalized spacial score (nSPS) is 11.9. The van der Waals surface area contributed by atoms with E-state index >= 15 is 0 Å². The molecule has 0 fully saturated rings. The summed E-state index contributed by atoms with van der Waals surface area (Å²) in [6, 6.07) is 9.48. The Morgan fingerprint density at radius 2 is 2.09 bits per heavy atom. The molecular formula is C16H19N3O2S. The van der Waals surface area contributed by atoms with Crippen molar-refractivity contribution in [1.29, 1.82) is 0 Å². The van der Waals surface area contributed by atoms with Crippen molar-refractivity contribution >= 4 is 17.7 Å². The van der Waals surface area contributed by atoms with Crippen LogP contribution in [0.25, 0.3) is 0 Å².